The highest BCUT2D eigenvalue weighted by molar-refractivity contribution is 5.94. The van der Waals surface area contributed by atoms with E-state index in [4.69, 9.17) is 4.74 Å². The lowest BCUT2D eigenvalue weighted by molar-refractivity contribution is -0.122. The molecule has 2 aromatic rings. The van der Waals surface area contributed by atoms with Crippen molar-refractivity contribution in [2.75, 3.05) is 5.32 Å². The van der Waals surface area contributed by atoms with Crippen molar-refractivity contribution in [1.29, 1.82) is 0 Å². The smallest absolute Gasteiger partial charge is 0.265 e. The second-order valence-electron chi connectivity index (χ2n) is 5.81. The second kappa shape index (κ2) is 7.12. The molecule has 0 spiro atoms. The molecular weight excluding hydrogens is 274 g/mol. The summed E-state index contributed by atoms with van der Waals surface area (Å²) in [5.41, 5.74) is 3.08. The quantitative estimate of drug-likeness (QED) is 0.881. The minimum absolute atomic E-state index is 0.144. The maximum absolute atomic E-state index is 12.3. The van der Waals surface area contributed by atoms with Crippen LogP contribution >= 0.6 is 0 Å². The lowest BCUT2D eigenvalue weighted by Crippen LogP contribution is -2.30. The SMILES string of the molecule is Cc1cccc(OC(C)C(=O)Nc2ccccc2C(C)C)c1. The maximum Gasteiger partial charge on any atom is 0.265 e. The molecule has 3 nitrogen and oxygen atoms in total. The van der Waals surface area contributed by atoms with Gasteiger partial charge in [-0.1, -0.05) is 44.2 Å². The highest BCUT2D eigenvalue weighted by Gasteiger charge is 2.17. The third-order valence-electron chi connectivity index (χ3n) is 3.51. The first-order valence-electron chi connectivity index (χ1n) is 7.60. The zero-order valence-electron chi connectivity index (χ0n) is 13.6. The molecule has 0 radical (unpaired) electrons. The number of aryl methyl sites for hydroxylation is 1. The molecule has 116 valence electrons. The summed E-state index contributed by atoms with van der Waals surface area (Å²) in [6.45, 7) is 7.97. The second-order valence-corrected chi connectivity index (χ2v) is 5.81. The number of amides is 1. The number of rotatable bonds is 5. The molecule has 0 saturated heterocycles. The molecule has 1 N–H and O–H groups in total. The number of carbonyl (C=O) groups is 1. The van der Waals surface area contributed by atoms with E-state index in [1.165, 1.54) is 0 Å². The van der Waals surface area contributed by atoms with Crippen molar-refractivity contribution in [3.8, 4) is 5.75 Å². The van der Waals surface area contributed by atoms with Gasteiger partial charge in [0.15, 0.2) is 6.10 Å². The van der Waals surface area contributed by atoms with E-state index in [9.17, 15) is 4.79 Å². The van der Waals surface area contributed by atoms with Crippen LogP contribution in [0.5, 0.6) is 5.75 Å². The van der Waals surface area contributed by atoms with Crippen LogP contribution in [0.3, 0.4) is 0 Å². The van der Waals surface area contributed by atoms with E-state index in [2.05, 4.69) is 19.2 Å². The van der Waals surface area contributed by atoms with Crippen molar-refractivity contribution < 1.29 is 9.53 Å². The number of carbonyl (C=O) groups excluding carboxylic acids is 1. The topological polar surface area (TPSA) is 38.3 Å². The fourth-order valence-electron chi connectivity index (χ4n) is 2.29. The molecular formula is C19H23NO2. The molecule has 0 bridgehead atoms. The van der Waals surface area contributed by atoms with Crippen LogP contribution in [0.2, 0.25) is 0 Å². The first-order valence-corrected chi connectivity index (χ1v) is 7.60. The predicted molar refractivity (Wildman–Crippen MR) is 90.4 cm³/mol. The Labute approximate surface area is 132 Å². The normalized spacial score (nSPS) is 12.0. The summed E-state index contributed by atoms with van der Waals surface area (Å²) in [7, 11) is 0. The molecule has 3 heteroatoms. The molecule has 1 atom stereocenters. The van der Waals surface area contributed by atoms with Gasteiger partial charge < -0.3 is 10.1 Å². The zero-order valence-corrected chi connectivity index (χ0v) is 13.6. The minimum atomic E-state index is -0.554. The summed E-state index contributed by atoms with van der Waals surface area (Å²) >= 11 is 0. The molecule has 0 saturated carbocycles. The highest BCUT2D eigenvalue weighted by Crippen LogP contribution is 2.24. The summed E-state index contributed by atoms with van der Waals surface area (Å²) in [6, 6.07) is 15.6. The fraction of sp³-hybridized carbons (Fsp3) is 0.316. The summed E-state index contributed by atoms with van der Waals surface area (Å²) in [5.74, 6) is 0.916. The van der Waals surface area contributed by atoms with Gasteiger partial charge in [0.2, 0.25) is 0 Å². The Kier molecular flexibility index (Phi) is 5.21. The Morgan fingerprint density at radius 2 is 1.77 bits per heavy atom. The Morgan fingerprint density at radius 3 is 2.45 bits per heavy atom. The summed E-state index contributed by atoms with van der Waals surface area (Å²) < 4.78 is 5.72. The molecule has 0 aliphatic carbocycles. The van der Waals surface area contributed by atoms with Crippen LogP contribution in [0.15, 0.2) is 48.5 Å². The summed E-state index contributed by atoms with van der Waals surface area (Å²) in [5, 5.41) is 2.96. The predicted octanol–water partition coefficient (Wildman–Crippen LogP) is 4.52. The van der Waals surface area contributed by atoms with Crippen LogP contribution in [0, 0.1) is 6.92 Å². The van der Waals surface area contributed by atoms with Gasteiger partial charge in [-0.2, -0.15) is 0 Å². The number of ether oxygens (including phenoxy) is 1. The van der Waals surface area contributed by atoms with E-state index < -0.39 is 6.10 Å². The Balaban J connectivity index is 2.06. The van der Waals surface area contributed by atoms with Crippen LogP contribution in [-0.4, -0.2) is 12.0 Å². The van der Waals surface area contributed by atoms with Gasteiger partial charge in [0.25, 0.3) is 5.91 Å². The van der Waals surface area contributed by atoms with Crippen LogP contribution in [0.4, 0.5) is 5.69 Å². The summed E-state index contributed by atoms with van der Waals surface area (Å²) in [4.78, 5) is 12.3. The molecule has 2 aromatic carbocycles. The van der Waals surface area contributed by atoms with Crippen molar-refractivity contribution in [3.05, 3.63) is 59.7 Å². The van der Waals surface area contributed by atoms with E-state index in [-0.39, 0.29) is 5.91 Å². The molecule has 1 amide bonds. The summed E-state index contributed by atoms with van der Waals surface area (Å²) in [6.07, 6.45) is -0.554. The van der Waals surface area contributed by atoms with E-state index in [1.807, 2.05) is 55.5 Å². The molecule has 0 aliphatic heterocycles. The number of hydrogen-bond donors (Lipinski definition) is 1. The first-order chi connectivity index (χ1) is 10.5. The number of hydrogen-bond acceptors (Lipinski definition) is 2. The highest BCUT2D eigenvalue weighted by atomic mass is 16.5. The van der Waals surface area contributed by atoms with Gasteiger partial charge in [-0.15, -0.1) is 0 Å². The Morgan fingerprint density at radius 1 is 1.05 bits per heavy atom. The Bertz CT molecular complexity index is 649. The third-order valence-corrected chi connectivity index (χ3v) is 3.51. The fourth-order valence-corrected chi connectivity index (χ4v) is 2.29. The largest absolute Gasteiger partial charge is 0.481 e. The van der Waals surface area contributed by atoms with Gasteiger partial charge in [0, 0.05) is 5.69 Å². The van der Waals surface area contributed by atoms with E-state index in [1.54, 1.807) is 6.92 Å². The van der Waals surface area contributed by atoms with Gasteiger partial charge in [-0.3, -0.25) is 4.79 Å². The van der Waals surface area contributed by atoms with Crippen LogP contribution < -0.4 is 10.1 Å². The number of benzene rings is 2. The van der Waals surface area contributed by atoms with E-state index >= 15 is 0 Å². The van der Waals surface area contributed by atoms with Crippen LogP contribution in [-0.2, 0) is 4.79 Å². The van der Waals surface area contributed by atoms with Crippen LogP contribution in [0.1, 0.15) is 37.8 Å². The van der Waals surface area contributed by atoms with E-state index in [0.717, 1.165) is 16.8 Å². The van der Waals surface area contributed by atoms with Crippen molar-refractivity contribution in [3.63, 3.8) is 0 Å². The molecule has 2 rings (SSSR count). The molecule has 22 heavy (non-hydrogen) atoms. The molecule has 0 fully saturated rings. The van der Waals surface area contributed by atoms with Crippen molar-refractivity contribution >= 4 is 11.6 Å². The van der Waals surface area contributed by atoms with Gasteiger partial charge >= 0.3 is 0 Å². The van der Waals surface area contributed by atoms with Crippen molar-refractivity contribution in [2.45, 2.75) is 39.7 Å². The van der Waals surface area contributed by atoms with Crippen molar-refractivity contribution in [1.82, 2.24) is 0 Å². The average molecular weight is 297 g/mol. The van der Waals surface area contributed by atoms with Gasteiger partial charge in [-0.25, -0.2) is 0 Å². The monoisotopic (exact) mass is 297 g/mol. The van der Waals surface area contributed by atoms with Gasteiger partial charge in [0.1, 0.15) is 5.75 Å². The zero-order chi connectivity index (χ0) is 16.1. The molecule has 0 heterocycles. The number of para-hydroxylation sites is 1. The lowest BCUT2D eigenvalue weighted by atomic mass is 10.0. The minimum Gasteiger partial charge on any atom is -0.481 e. The number of nitrogens with one attached hydrogen (secondary N) is 1. The van der Waals surface area contributed by atoms with Gasteiger partial charge in [-0.05, 0) is 49.1 Å². The first kappa shape index (κ1) is 16.1. The lowest BCUT2D eigenvalue weighted by Gasteiger charge is -2.18. The van der Waals surface area contributed by atoms with Crippen LogP contribution in [0.25, 0.3) is 0 Å². The van der Waals surface area contributed by atoms with Crippen molar-refractivity contribution in [2.24, 2.45) is 0 Å². The molecule has 1 unspecified atom stereocenters. The maximum atomic E-state index is 12.3. The number of anilines is 1. The standard InChI is InChI=1S/C19H23NO2/c1-13(2)17-10-5-6-11-18(17)20-19(21)15(4)22-16-9-7-8-14(3)12-16/h5-13,15H,1-4H3,(H,20,21). The molecule has 0 aromatic heterocycles. The average Bonchev–Trinajstić information content (AvgIpc) is 2.47. The third kappa shape index (κ3) is 4.10. The Hall–Kier alpha value is -2.29. The molecule has 0 aliphatic rings. The van der Waals surface area contributed by atoms with E-state index in [0.29, 0.717) is 11.7 Å². The van der Waals surface area contributed by atoms with Gasteiger partial charge in [0.05, 0.1) is 0 Å².